The van der Waals surface area contributed by atoms with Crippen LogP contribution in [0, 0.1) is 19.8 Å². The van der Waals surface area contributed by atoms with Crippen molar-refractivity contribution in [2.24, 2.45) is 5.92 Å². The van der Waals surface area contributed by atoms with E-state index < -0.39 is 23.6 Å². The molecule has 2 amide bonds. The van der Waals surface area contributed by atoms with Crippen LogP contribution in [0.4, 0.5) is 0 Å². The summed E-state index contributed by atoms with van der Waals surface area (Å²) in [4.78, 5) is 42.3. The van der Waals surface area contributed by atoms with E-state index in [0.29, 0.717) is 4.88 Å². The highest BCUT2D eigenvalue weighted by Crippen LogP contribution is 2.35. The summed E-state index contributed by atoms with van der Waals surface area (Å²) in [5, 5.41) is 10.8. The molecule has 0 unspecified atom stereocenters. The first-order valence-corrected chi connectivity index (χ1v) is 12.9. The molecule has 34 heavy (non-hydrogen) atoms. The average molecular weight is 503 g/mol. The Balaban J connectivity index is 1.37. The van der Waals surface area contributed by atoms with Gasteiger partial charge in [-0.15, -0.1) is 22.9 Å². The molecule has 0 bridgehead atoms. The number of aryl methyl sites for hydroxylation is 2. The topological polar surface area (TPSA) is 101 Å². The van der Waals surface area contributed by atoms with Crippen LogP contribution in [-0.2, 0) is 14.3 Å². The second kappa shape index (κ2) is 9.36. The first-order valence-electron chi connectivity index (χ1n) is 11.6. The van der Waals surface area contributed by atoms with Crippen LogP contribution in [0.15, 0.2) is 18.2 Å². The van der Waals surface area contributed by atoms with E-state index in [2.05, 4.69) is 15.5 Å². The number of ether oxygens (including phenoxy) is 1. The zero-order chi connectivity index (χ0) is 24.0. The van der Waals surface area contributed by atoms with Gasteiger partial charge in [-0.25, -0.2) is 0 Å². The number of aromatic nitrogens is 2. The Hall–Kier alpha value is -2.36. The lowest BCUT2D eigenvalue weighted by Crippen LogP contribution is -2.54. The second-order valence-corrected chi connectivity index (χ2v) is 11.0. The molecule has 3 aliphatic rings. The van der Waals surface area contributed by atoms with Crippen LogP contribution in [-0.4, -0.2) is 69.4 Å². The number of thiophene rings is 1. The number of nitrogens with zero attached hydrogens (tertiary/aromatic N) is 3. The molecular formula is C24H27ClN4O4S. The number of rotatable bonds is 5. The van der Waals surface area contributed by atoms with Crippen molar-refractivity contribution in [3.63, 3.8) is 0 Å². The van der Waals surface area contributed by atoms with E-state index in [1.54, 1.807) is 6.07 Å². The lowest BCUT2D eigenvalue weighted by Gasteiger charge is -2.30. The van der Waals surface area contributed by atoms with E-state index in [1.165, 1.54) is 16.2 Å². The van der Waals surface area contributed by atoms with Crippen molar-refractivity contribution in [2.75, 3.05) is 13.2 Å². The van der Waals surface area contributed by atoms with Crippen LogP contribution in [0.1, 0.15) is 46.7 Å². The summed E-state index contributed by atoms with van der Waals surface area (Å²) < 4.78 is 5.53. The SMILES string of the molecule is Cc1cc(-c2ccc(C(=O)N[C@H](C(=O)N3C[C@H](Cl)[C@H]4OCC(=O)[C@H]43)C3CCCC3)s2)c(C)nn1. The first kappa shape index (κ1) is 23.4. The summed E-state index contributed by atoms with van der Waals surface area (Å²) >= 11 is 7.76. The monoisotopic (exact) mass is 502 g/mol. The fourth-order valence-corrected chi connectivity index (χ4v) is 6.63. The number of Topliss-reactive ketones (excluding diaryl/α,β-unsaturated/α-hetero) is 1. The lowest BCUT2D eigenvalue weighted by molar-refractivity contribution is -0.139. The minimum Gasteiger partial charge on any atom is -0.366 e. The Bertz CT molecular complexity index is 1130. The Morgan fingerprint density at radius 2 is 2.00 bits per heavy atom. The van der Waals surface area contributed by atoms with Gasteiger partial charge in [0.1, 0.15) is 24.8 Å². The summed E-state index contributed by atoms with van der Waals surface area (Å²) in [6.07, 6.45) is 3.30. The maximum absolute atomic E-state index is 13.7. The Morgan fingerprint density at radius 3 is 2.76 bits per heavy atom. The molecule has 0 aromatic carbocycles. The maximum atomic E-state index is 13.7. The molecule has 1 aliphatic carbocycles. The molecular weight excluding hydrogens is 476 g/mol. The molecule has 1 saturated carbocycles. The molecule has 180 valence electrons. The molecule has 2 aliphatic heterocycles. The minimum atomic E-state index is -0.692. The van der Waals surface area contributed by atoms with Gasteiger partial charge >= 0.3 is 0 Å². The summed E-state index contributed by atoms with van der Waals surface area (Å²) in [6, 6.07) is 4.27. The summed E-state index contributed by atoms with van der Waals surface area (Å²) in [7, 11) is 0. The number of alkyl halides is 1. The van der Waals surface area contributed by atoms with Gasteiger partial charge < -0.3 is 15.0 Å². The third-order valence-electron chi connectivity index (χ3n) is 7.03. The van der Waals surface area contributed by atoms with Crippen molar-refractivity contribution in [2.45, 2.75) is 63.1 Å². The predicted octanol–water partition coefficient (Wildman–Crippen LogP) is 2.90. The van der Waals surface area contributed by atoms with Crippen LogP contribution in [0.2, 0.25) is 0 Å². The largest absolute Gasteiger partial charge is 0.366 e. The van der Waals surface area contributed by atoms with Crippen LogP contribution >= 0.6 is 22.9 Å². The Kier molecular flexibility index (Phi) is 6.43. The number of carbonyl (C=O) groups excluding carboxylic acids is 3. The van der Waals surface area contributed by atoms with E-state index in [-0.39, 0.29) is 36.7 Å². The average Bonchev–Trinajstić information content (AvgIpc) is 3.60. The highest BCUT2D eigenvalue weighted by molar-refractivity contribution is 7.17. The number of carbonyl (C=O) groups is 3. The molecule has 2 saturated heterocycles. The van der Waals surface area contributed by atoms with Crippen molar-refractivity contribution < 1.29 is 19.1 Å². The highest BCUT2D eigenvalue weighted by atomic mass is 35.5. The summed E-state index contributed by atoms with van der Waals surface area (Å²) in [6.45, 7) is 3.99. The molecule has 0 radical (unpaired) electrons. The molecule has 1 N–H and O–H groups in total. The summed E-state index contributed by atoms with van der Waals surface area (Å²) in [5.74, 6) is -0.614. The number of likely N-dealkylation sites (tertiary alicyclic amines) is 1. The van der Waals surface area contributed by atoms with Crippen LogP contribution in [0.25, 0.3) is 10.4 Å². The minimum absolute atomic E-state index is 0.0243. The van der Waals surface area contributed by atoms with E-state index in [1.807, 2.05) is 26.0 Å². The van der Waals surface area contributed by atoms with Crippen molar-refractivity contribution in [3.8, 4) is 10.4 Å². The quantitative estimate of drug-likeness (QED) is 0.631. The molecule has 5 rings (SSSR count). The molecule has 2 aromatic heterocycles. The number of halogens is 1. The fourth-order valence-electron chi connectivity index (χ4n) is 5.29. The third kappa shape index (κ3) is 4.25. The van der Waals surface area contributed by atoms with Crippen molar-refractivity contribution in [3.05, 3.63) is 34.5 Å². The van der Waals surface area contributed by atoms with Gasteiger partial charge in [-0.2, -0.15) is 10.2 Å². The predicted molar refractivity (Wildman–Crippen MR) is 128 cm³/mol. The number of hydrogen-bond donors (Lipinski definition) is 1. The van der Waals surface area contributed by atoms with Crippen LogP contribution < -0.4 is 5.32 Å². The summed E-state index contributed by atoms with van der Waals surface area (Å²) in [5.41, 5.74) is 2.54. The number of hydrogen-bond acceptors (Lipinski definition) is 7. The normalized spacial score (nSPS) is 25.6. The Labute approximate surface area is 207 Å². The number of ketones is 1. The lowest BCUT2D eigenvalue weighted by atomic mass is 9.96. The number of amides is 2. The molecule has 3 fully saturated rings. The smallest absolute Gasteiger partial charge is 0.262 e. The van der Waals surface area contributed by atoms with Crippen molar-refractivity contribution in [1.82, 2.24) is 20.4 Å². The van der Waals surface area contributed by atoms with Gasteiger partial charge in [0, 0.05) is 17.0 Å². The van der Waals surface area contributed by atoms with Gasteiger partial charge in [-0.1, -0.05) is 12.8 Å². The molecule has 4 heterocycles. The molecule has 10 heteroatoms. The van der Waals surface area contributed by atoms with Crippen LogP contribution in [0.5, 0.6) is 0 Å². The van der Waals surface area contributed by atoms with E-state index >= 15 is 0 Å². The standard InChI is InChI=1S/C24H27ClN4O4S/c1-12-9-15(13(2)28-27-12)18-7-8-19(34-18)23(31)26-20(14-5-3-4-6-14)24(32)29-10-16(25)22-21(29)17(30)11-33-22/h7-9,14,16,20-22H,3-6,10-11H2,1-2H3,(H,26,31)/t16-,20-,21+,22+/m0/s1. The second-order valence-electron chi connectivity index (χ2n) is 9.34. The van der Waals surface area contributed by atoms with E-state index in [9.17, 15) is 14.4 Å². The molecule has 2 aromatic rings. The van der Waals surface area contributed by atoms with E-state index in [0.717, 1.165) is 47.5 Å². The van der Waals surface area contributed by atoms with Gasteiger partial charge in [0.15, 0.2) is 5.78 Å². The number of fused-ring (bicyclic) bond motifs is 1. The number of nitrogens with one attached hydrogen (secondary N) is 1. The highest BCUT2D eigenvalue weighted by Gasteiger charge is 2.53. The zero-order valence-electron chi connectivity index (χ0n) is 19.1. The van der Waals surface area contributed by atoms with Gasteiger partial charge in [0.05, 0.1) is 21.6 Å². The van der Waals surface area contributed by atoms with Crippen molar-refractivity contribution >= 4 is 40.5 Å². The molecule has 0 spiro atoms. The third-order valence-corrected chi connectivity index (χ3v) is 8.53. The van der Waals surface area contributed by atoms with Gasteiger partial charge in [0.25, 0.3) is 5.91 Å². The van der Waals surface area contributed by atoms with Gasteiger partial charge in [-0.3, -0.25) is 14.4 Å². The van der Waals surface area contributed by atoms with E-state index in [4.69, 9.17) is 16.3 Å². The molecule has 4 atom stereocenters. The zero-order valence-corrected chi connectivity index (χ0v) is 20.7. The van der Waals surface area contributed by atoms with Gasteiger partial charge in [-0.05, 0) is 50.8 Å². The fraction of sp³-hybridized carbons (Fsp3) is 0.542. The van der Waals surface area contributed by atoms with Crippen molar-refractivity contribution in [1.29, 1.82) is 0 Å². The first-order chi connectivity index (χ1) is 16.3. The molecule has 8 nitrogen and oxygen atoms in total. The van der Waals surface area contributed by atoms with Gasteiger partial charge in [0.2, 0.25) is 5.91 Å². The van der Waals surface area contributed by atoms with Crippen LogP contribution in [0.3, 0.4) is 0 Å². The Morgan fingerprint density at radius 1 is 1.24 bits per heavy atom. The maximum Gasteiger partial charge on any atom is 0.262 e.